The first-order valence-corrected chi connectivity index (χ1v) is 14.4. The van der Waals surface area contributed by atoms with Crippen molar-refractivity contribution in [2.45, 2.75) is 31.8 Å². The van der Waals surface area contributed by atoms with Crippen molar-refractivity contribution in [3.05, 3.63) is 62.5 Å². The molecule has 1 aromatic carbocycles. The number of aromatic nitrogens is 1. The van der Waals surface area contributed by atoms with Crippen molar-refractivity contribution in [2.75, 3.05) is 26.0 Å². The molecule has 36 heavy (non-hydrogen) atoms. The predicted octanol–water partition coefficient (Wildman–Crippen LogP) is 2.88. The third-order valence-electron chi connectivity index (χ3n) is 6.17. The number of piperidine rings is 1. The van der Waals surface area contributed by atoms with Crippen LogP contribution in [0.2, 0.25) is 5.02 Å². The number of carbonyl (C=O) groups is 1. The normalized spacial score (nSPS) is 23.2. The standard InChI is InChI=1S/C23H26ClFN4O5S2/c1-3-34-23(31)18-19(13-6-8-29(36(2,32)33)15(10-13)12-30)27-21(22-26-7-9-35-22)28-20(18)16-5-4-14(25)11-17(16)24/h4-5,7,9,11,13,15,20,30H,3,6,8,10,12H2,1-2H3,(H,27,28). The molecule has 3 heterocycles. The van der Waals surface area contributed by atoms with Gasteiger partial charge in [-0.15, -0.1) is 11.3 Å². The maximum absolute atomic E-state index is 13.9. The highest BCUT2D eigenvalue weighted by Gasteiger charge is 2.41. The first-order chi connectivity index (χ1) is 17.1. The number of thiazole rings is 1. The molecular weight excluding hydrogens is 531 g/mol. The summed E-state index contributed by atoms with van der Waals surface area (Å²) in [6.45, 7) is 1.60. The molecule has 4 rings (SSSR count). The summed E-state index contributed by atoms with van der Waals surface area (Å²) in [4.78, 5) is 22.4. The zero-order valence-electron chi connectivity index (χ0n) is 19.6. The maximum atomic E-state index is 13.9. The van der Waals surface area contributed by atoms with Crippen LogP contribution >= 0.6 is 22.9 Å². The molecule has 2 aliphatic heterocycles. The van der Waals surface area contributed by atoms with Gasteiger partial charge in [-0.05, 0) is 31.9 Å². The minimum Gasteiger partial charge on any atom is -0.463 e. The summed E-state index contributed by atoms with van der Waals surface area (Å²) in [6, 6.07) is 2.32. The van der Waals surface area contributed by atoms with E-state index in [1.165, 1.54) is 27.8 Å². The van der Waals surface area contributed by atoms with Gasteiger partial charge in [0.05, 0.1) is 25.0 Å². The Hall–Kier alpha value is -2.38. The van der Waals surface area contributed by atoms with Crippen LogP contribution < -0.4 is 5.32 Å². The van der Waals surface area contributed by atoms with Crippen molar-refractivity contribution in [1.82, 2.24) is 14.6 Å². The van der Waals surface area contributed by atoms with Gasteiger partial charge in [-0.3, -0.25) is 4.99 Å². The number of esters is 1. The number of nitrogens with one attached hydrogen (secondary N) is 1. The monoisotopic (exact) mass is 556 g/mol. The summed E-state index contributed by atoms with van der Waals surface area (Å²) in [5.74, 6) is -1.06. The Morgan fingerprint density at radius 1 is 1.42 bits per heavy atom. The Morgan fingerprint density at radius 2 is 2.19 bits per heavy atom. The number of allylic oxidation sites excluding steroid dienone is 1. The number of nitrogens with zero attached hydrogens (tertiary/aromatic N) is 3. The van der Waals surface area contributed by atoms with E-state index in [2.05, 4.69) is 10.3 Å². The summed E-state index contributed by atoms with van der Waals surface area (Å²) in [7, 11) is -3.53. The fourth-order valence-corrected chi connectivity index (χ4v) is 6.60. The van der Waals surface area contributed by atoms with Crippen molar-refractivity contribution >= 4 is 44.8 Å². The highest BCUT2D eigenvalue weighted by Crippen LogP contribution is 2.41. The second kappa shape index (κ2) is 10.9. The molecule has 0 amide bonds. The second-order valence-electron chi connectivity index (χ2n) is 8.49. The fourth-order valence-electron chi connectivity index (χ4n) is 4.61. The molecule has 1 aromatic heterocycles. The van der Waals surface area contributed by atoms with E-state index in [0.29, 0.717) is 28.5 Å². The van der Waals surface area contributed by atoms with Gasteiger partial charge in [0.1, 0.15) is 11.9 Å². The Labute approximate surface area is 217 Å². The quantitative estimate of drug-likeness (QED) is 0.503. The zero-order chi connectivity index (χ0) is 26.0. The van der Waals surface area contributed by atoms with Crippen LogP contribution in [0.1, 0.15) is 36.4 Å². The number of rotatable bonds is 7. The highest BCUT2D eigenvalue weighted by molar-refractivity contribution is 7.88. The first kappa shape index (κ1) is 26.7. The number of aliphatic hydroxyl groups is 1. The molecule has 0 radical (unpaired) electrons. The average molecular weight is 557 g/mol. The molecule has 2 aromatic rings. The average Bonchev–Trinajstić information content (AvgIpc) is 3.37. The number of aliphatic imine (C=N–C) groups is 1. The molecule has 9 nitrogen and oxygen atoms in total. The van der Waals surface area contributed by atoms with Gasteiger partial charge in [0.25, 0.3) is 0 Å². The molecule has 0 bridgehead atoms. The number of aliphatic hydroxyl groups excluding tert-OH is 1. The predicted molar refractivity (Wildman–Crippen MR) is 135 cm³/mol. The van der Waals surface area contributed by atoms with Crippen LogP contribution in [0.3, 0.4) is 0 Å². The van der Waals surface area contributed by atoms with E-state index >= 15 is 0 Å². The Balaban J connectivity index is 1.85. The largest absolute Gasteiger partial charge is 0.463 e. The van der Waals surface area contributed by atoms with Gasteiger partial charge in [-0.2, -0.15) is 4.31 Å². The summed E-state index contributed by atoms with van der Waals surface area (Å²) >= 11 is 7.75. The van der Waals surface area contributed by atoms with E-state index < -0.39 is 33.9 Å². The van der Waals surface area contributed by atoms with Gasteiger partial charge in [-0.25, -0.2) is 22.6 Å². The van der Waals surface area contributed by atoms with Crippen LogP contribution in [0.5, 0.6) is 0 Å². The molecule has 194 valence electrons. The molecule has 2 aliphatic rings. The van der Waals surface area contributed by atoms with Crippen LogP contribution in [0.25, 0.3) is 0 Å². The van der Waals surface area contributed by atoms with Gasteiger partial charge >= 0.3 is 5.97 Å². The van der Waals surface area contributed by atoms with Gasteiger partial charge in [-0.1, -0.05) is 17.7 Å². The summed E-state index contributed by atoms with van der Waals surface area (Å²) in [5, 5.41) is 15.7. The number of amidine groups is 1. The van der Waals surface area contributed by atoms with Gasteiger partial charge in [0.2, 0.25) is 10.0 Å². The summed E-state index contributed by atoms with van der Waals surface area (Å²) in [6.07, 6.45) is 3.40. The third-order valence-corrected chi connectivity index (χ3v) is 8.61. The number of halogens is 2. The van der Waals surface area contributed by atoms with Crippen LogP contribution in [0.15, 0.2) is 46.0 Å². The van der Waals surface area contributed by atoms with E-state index in [1.807, 2.05) is 0 Å². The number of carbonyl (C=O) groups excluding carboxylic acids is 1. The molecule has 2 N–H and O–H groups in total. The molecule has 0 spiro atoms. The van der Waals surface area contributed by atoms with Gasteiger partial charge < -0.3 is 15.2 Å². The fraction of sp³-hybridized carbons (Fsp3) is 0.435. The maximum Gasteiger partial charge on any atom is 0.338 e. The lowest BCUT2D eigenvalue weighted by molar-refractivity contribution is -0.139. The minimum absolute atomic E-state index is 0.102. The highest BCUT2D eigenvalue weighted by atomic mass is 35.5. The minimum atomic E-state index is -3.53. The summed E-state index contributed by atoms with van der Waals surface area (Å²) in [5.41, 5.74) is 1.13. The lowest BCUT2D eigenvalue weighted by Crippen LogP contribution is -2.49. The first-order valence-electron chi connectivity index (χ1n) is 11.3. The SMILES string of the molecule is CCOC(=O)C1=C(C2CCN(S(C)(=O)=O)C(CO)C2)NC(c2nccs2)=NC1c1ccc(F)cc1Cl. The van der Waals surface area contributed by atoms with E-state index in [0.717, 1.165) is 12.3 Å². The summed E-state index contributed by atoms with van der Waals surface area (Å²) < 4.78 is 45.0. The number of benzene rings is 1. The molecule has 1 saturated heterocycles. The van der Waals surface area contributed by atoms with E-state index in [9.17, 15) is 22.7 Å². The number of ether oxygens (including phenoxy) is 1. The van der Waals surface area contributed by atoms with Crippen LogP contribution in [-0.2, 0) is 19.6 Å². The number of hydrogen-bond acceptors (Lipinski definition) is 9. The third kappa shape index (κ3) is 5.47. The molecule has 1 fully saturated rings. The van der Waals surface area contributed by atoms with Crippen molar-refractivity contribution in [3.63, 3.8) is 0 Å². The molecule has 13 heteroatoms. The van der Waals surface area contributed by atoms with Crippen LogP contribution in [0, 0.1) is 11.7 Å². The molecule has 3 unspecified atom stereocenters. The van der Waals surface area contributed by atoms with Crippen LogP contribution in [0.4, 0.5) is 4.39 Å². The Kier molecular flexibility index (Phi) is 8.10. The Morgan fingerprint density at radius 3 is 2.81 bits per heavy atom. The Bertz CT molecular complexity index is 1300. The van der Waals surface area contributed by atoms with Crippen LogP contribution in [-0.4, -0.2) is 66.7 Å². The molecule has 0 saturated carbocycles. The molecule has 0 aliphatic carbocycles. The van der Waals surface area contributed by atoms with E-state index in [4.69, 9.17) is 21.3 Å². The van der Waals surface area contributed by atoms with Crippen molar-refractivity contribution in [2.24, 2.45) is 10.9 Å². The molecular formula is C23H26ClFN4O5S2. The lowest BCUT2D eigenvalue weighted by Gasteiger charge is -2.39. The second-order valence-corrected chi connectivity index (χ2v) is 11.7. The topological polar surface area (TPSA) is 121 Å². The lowest BCUT2D eigenvalue weighted by atomic mass is 9.84. The van der Waals surface area contributed by atoms with Crippen molar-refractivity contribution in [1.29, 1.82) is 0 Å². The smallest absolute Gasteiger partial charge is 0.338 e. The van der Waals surface area contributed by atoms with Gasteiger partial charge in [0, 0.05) is 46.4 Å². The van der Waals surface area contributed by atoms with Crippen molar-refractivity contribution < 1.29 is 27.4 Å². The zero-order valence-corrected chi connectivity index (χ0v) is 22.0. The number of hydrogen-bond donors (Lipinski definition) is 2. The number of sulfonamides is 1. The van der Waals surface area contributed by atoms with Crippen molar-refractivity contribution in [3.8, 4) is 0 Å². The molecule has 3 atom stereocenters. The van der Waals surface area contributed by atoms with Gasteiger partial charge in [0.15, 0.2) is 10.8 Å². The van der Waals surface area contributed by atoms with E-state index in [-0.39, 0.29) is 42.7 Å². The van der Waals surface area contributed by atoms with E-state index in [1.54, 1.807) is 18.5 Å².